The van der Waals surface area contributed by atoms with Crippen molar-refractivity contribution >= 4 is 17.3 Å². The highest BCUT2D eigenvalue weighted by Crippen LogP contribution is 2.18. The maximum atomic E-state index is 13.4. The van der Waals surface area contributed by atoms with Gasteiger partial charge in [-0.05, 0) is 55.3 Å². The van der Waals surface area contributed by atoms with Crippen LogP contribution in [-0.4, -0.2) is 5.91 Å². The van der Waals surface area contributed by atoms with E-state index in [9.17, 15) is 9.18 Å². The largest absolute Gasteiger partial charge is 0.324 e. The maximum Gasteiger partial charge on any atom is 0.255 e. The van der Waals surface area contributed by atoms with Crippen molar-refractivity contribution < 1.29 is 9.18 Å². The zero-order valence-corrected chi connectivity index (χ0v) is 11.3. The lowest BCUT2D eigenvalue weighted by atomic mass is 10.1. The minimum Gasteiger partial charge on any atom is -0.324 e. The number of rotatable bonds is 3. The van der Waals surface area contributed by atoms with E-state index in [1.165, 1.54) is 6.07 Å². The third-order valence-electron chi connectivity index (χ3n) is 3.07. The summed E-state index contributed by atoms with van der Waals surface area (Å²) in [5.74, 6) is 4.68. The van der Waals surface area contributed by atoms with Crippen molar-refractivity contribution in [1.82, 2.24) is 0 Å². The number of nitrogen functional groups attached to an aromatic ring is 1. The lowest BCUT2D eigenvalue weighted by Crippen LogP contribution is -2.14. The average Bonchev–Trinajstić information content (AvgIpc) is 2.42. The summed E-state index contributed by atoms with van der Waals surface area (Å²) in [6, 6.07) is 9.74. The topological polar surface area (TPSA) is 67.2 Å². The molecule has 0 saturated carbocycles. The molecule has 4 N–H and O–H groups in total. The van der Waals surface area contributed by atoms with E-state index >= 15 is 0 Å². The molecule has 1 amide bonds. The van der Waals surface area contributed by atoms with E-state index in [0.717, 1.165) is 11.3 Å². The van der Waals surface area contributed by atoms with Crippen molar-refractivity contribution in [2.24, 2.45) is 5.84 Å². The van der Waals surface area contributed by atoms with Gasteiger partial charge in [-0.2, -0.15) is 0 Å². The van der Waals surface area contributed by atoms with E-state index in [0.29, 0.717) is 16.8 Å². The van der Waals surface area contributed by atoms with Crippen LogP contribution in [0.2, 0.25) is 0 Å². The predicted molar refractivity (Wildman–Crippen MR) is 78.1 cm³/mol. The van der Waals surface area contributed by atoms with Gasteiger partial charge in [0.15, 0.2) is 0 Å². The minimum atomic E-state index is -0.345. The molecule has 0 aliphatic rings. The number of carbonyl (C=O) groups excluding carboxylic acids is 1. The number of hydrogen-bond donors (Lipinski definition) is 3. The smallest absolute Gasteiger partial charge is 0.255 e. The molecule has 0 unspecified atom stereocenters. The zero-order chi connectivity index (χ0) is 14.7. The molecule has 2 rings (SSSR count). The van der Waals surface area contributed by atoms with Gasteiger partial charge in [0.25, 0.3) is 5.91 Å². The second kappa shape index (κ2) is 5.71. The summed E-state index contributed by atoms with van der Waals surface area (Å²) in [7, 11) is 0. The van der Waals surface area contributed by atoms with Crippen LogP contribution in [0.1, 0.15) is 21.5 Å². The molecule has 20 heavy (non-hydrogen) atoms. The molecule has 0 heterocycles. The summed E-state index contributed by atoms with van der Waals surface area (Å²) in [6.07, 6.45) is 0. The monoisotopic (exact) mass is 273 g/mol. The fourth-order valence-electron chi connectivity index (χ4n) is 1.88. The molecule has 0 spiro atoms. The Morgan fingerprint density at radius 2 is 1.75 bits per heavy atom. The molecule has 0 atom stereocenters. The average molecular weight is 273 g/mol. The standard InChI is InChI=1S/C15H16FN3O/c1-9-3-4-11(8-14(9)16)18-15(20)13-6-5-12(19-17)7-10(13)2/h3-8,19H,17H2,1-2H3,(H,18,20). The SMILES string of the molecule is Cc1ccc(NC(=O)c2ccc(NN)cc2C)cc1F. The zero-order valence-electron chi connectivity index (χ0n) is 11.3. The molecule has 0 fully saturated rings. The molecule has 0 saturated heterocycles. The molecule has 104 valence electrons. The van der Waals surface area contributed by atoms with Crippen LogP contribution in [0.25, 0.3) is 0 Å². The first-order valence-corrected chi connectivity index (χ1v) is 6.16. The van der Waals surface area contributed by atoms with Crippen LogP contribution in [0.4, 0.5) is 15.8 Å². The summed E-state index contributed by atoms with van der Waals surface area (Å²) in [6.45, 7) is 3.48. The molecule has 0 aliphatic heterocycles. The van der Waals surface area contributed by atoms with Crippen LogP contribution in [-0.2, 0) is 0 Å². The van der Waals surface area contributed by atoms with Gasteiger partial charge in [0.05, 0.1) is 0 Å². The number of nitrogens with two attached hydrogens (primary N) is 1. The van der Waals surface area contributed by atoms with Gasteiger partial charge in [-0.25, -0.2) is 4.39 Å². The molecule has 4 nitrogen and oxygen atoms in total. The van der Waals surface area contributed by atoms with Crippen molar-refractivity contribution in [3.8, 4) is 0 Å². The number of halogens is 1. The summed E-state index contributed by atoms with van der Waals surface area (Å²) < 4.78 is 13.4. The van der Waals surface area contributed by atoms with Gasteiger partial charge < -0.3 is 10.7 Å². The molecular formula is C15H16FN3O. The van der Waals surface area contributed by atoms with Gasteiger partial charge in [-0.1, -0.05) is 6.07 Å². The summed E-state index contributed by atoms with van der Waals surface area (Å²) in [5.41, 5.74) is 5.51. The van der Waals surface area contributed by atoms with Crippen molar-refractivity contribution in [2.75, 3.05) is 10.7 Å². The Labute approximate surface area is 116 Å². The van der Waals surface area contributed by atoms with Crippen molar-refractivity contribution in [3.05, 3.63) is 58.9 Å². The third-order valence-corrected chi connectivity index (χ3v) is 3.07. The van der Waals surface area contributed by atoms with Crippen LogP contribution in [0, 0.1) is 19.7 Å². The Hall–Kier alpha value is -2.40. The number of aryl methyl sites for hydroxylation is 2. The predicted octanol–water partition coefficient (Wildman–Crippen LogP) is 2.98. The van der Waals surface area contributed by atoms with Crippen molar-refractivity contribution in [2.45, 2.75) is 13.8 Å². The van der Waals surface area contributed by atoms with E-state index in [1.54, 1.807) is 37.3 Å². The van der Waals surface area contributed by atoms with Gasteiger partial charge in [0.1, 0.15) is 5.82 Å². The summed E-state index contributed by atoms with van der Waals surface area (Å²) >= 11 is 0. The maximum absolute atomic E-state index is 13.4. The number of benzene rings is 2. The Balaban J connectivity index is 2.21. The summed E-state index contributed by atoms with van der Waals surface area (Å²) in [4.78, 5) is 12.1. The molecule has 2 aromatic rings. The highest BCUT2D eigenvalue weighted by molar-refractivity contribution is 6.05. The Kier molecular flexibility index (Phi) is 4.00. The molecular weight excluding hydrogens is 257 g/mol. The van der Waals surface area contributed by atoms with Crippen LogP contribution in [0.5, 0.6) is 0 Å². The number of nitrogens with one attached hydrogen (secondary N) is 2. The van der Waals surface area contributed by atoms with E-state index < -0.39 is 0 Å². The minimum absolute atomic E-state index is 0.283. The van der Waals surface area contributed by atoms with E-state index in [4.69, 9.17) is 5.84 Å². The van der Waals surface area contributed by atoms with Gasteiger partial charge in [0.2, 0.25) is 0 Å². The summed E-state index contributed by atoms with van der Waals surface area (Å²) in [5, 5.41) is 2.67. The first-order valence-electron chi connectivity index (χ1n) is 6.16. The fraction of sp³-hybridized carbons (Fsp3) is 0.133. The van der Waals surface area contributed by atoms with Crippen molar-refractivity contribution in [3.63, 3.8) is 0 Å². The molecule has 5 heteroatoms. The Morgan fingerprint density at radius 3 is 2.35 bits per heavy atom. The second-order valence-electron chi connectivity index (χ2n) is 4.59. The molecule has 0 aliphatic carbocycles. The number of anilines is 2. The Bertz CT molecular complexity index is 656. The van der Waals surface area contributed by atoms with Gasteiger partial charge >= 0.3 is 0 Å². The molecule has 0 radical (unpaired) electrons. The van der Waals surface area contributed by atoms with Gasteiger partial charge in [-0.3, -0.25) is 10.6 Å². The highest BCUT2D eigenvalue weighted by atomic mass is 19.1. The number of hydrazine groups is 1. The molecule has 2 aromatic carbocycles. The number of amides is 1. The normalized spacial score (nSPS) is 10.2. The lowest BCUT2D eigenvalue weighted by molar-refractivity contribution is 0.102. The van der Waals surface area contributed by atoms with Crippen LogP contribution in [0.15, 0.2) is 36.4 Å². The molecule has 0 bridgehead atoms. The van der Waals surface area contributed by atoms with E-state index in [-0.39, 0.29) is 11.7 Å². The van der Waals surface area contributed by atoms with Gasteiger partial charge in [-0.15, -0.1) is 0 Å². The van der Waals surface area contributed by atoms with E-state index in [1.807, 2.05) is 6.92 Å². The van der Waals surface area contributed by atoms with Crippen LogP contribution in [0.3, 0.4) is 0 Å². The Morgan fingerprint density at radius 1 is 1.05 bits per heavy atom. The third kappa shape index (κ3) is 2.95. The molecule has 0 aromatic heterocycles. The van der Waals surface area contributed by atoms with Crippen molar-refractivity contribution in [1.29, 1.82) is 0 Å². The van der Waals surface area contributed by atoms with E-state index in [2.05, 4.69) is 10.7 Å². The first-order chi connectivity index (χ1) is 9.51. The fourth-order valence-corrected chi connectivity index (χ4v) is 1.88. The number of hydrogen-bond acceptors (Lipinski definition) is 3. The quantitative estimate of drug-likeness (QED) is 0.595. The van der Waals surface area contributed by atoms with Crippen LogP contribution < -0.4 is 16.6 Å². The number of carbonyl (C=O) groups is 1. The second-order valence-corrected chi connectivity index (χ2v) is 4.59. The van der Waals surface area contributed by atoms with Gasteiger partial charge in [0, 0.05) is 16.9 Å². The first kappa shape index (κ1) is 14.0. The lowest BCUT2D eigenvalue weighted by Gasteiger charge is -2.10. The van der Waals surface area contributed by atoms with Crippen LogP contribution >= 0.6 is 0 Å². The highest BCUT2D eigenvalue weighted by Gasteiger charge is 2.10.